The third kappa shape index (κ3) is 4.72. The van der Waals surface area contributed by atoms with Gasteiger partial charge in [0.15, 0.2) is 4.34 Å². The minimum Gasteiger partial charge on any atom is -0.374 e. The number of alkyl halides is 3. The molecule has 0 saturated carbocycles. The van der Waals surface area contributed by atoms with Gasteiger partial charge in [-0.15, -0.1) is 10.2 Å². The number of amides is 1. The monoisotopic (exact) mass is 382 g/mol. The van der Waals surface area contributed by atoms with E-state index in [4.69, 9.17) is 17.3 Å². The van der Waals surface area contributed by atoms with Crippen LogP contribution in [-0.4, -0.2) is 21.4 Å². The summed E-state index contributed by atoms with van der Waals surface area (Å²) < 4.78 is 38.6. The van der Waals surface area contributed by atoms with Gasteiger partial charge in [0.2, 0.25) is 11.0 Å². The standard InChI is InChI=1S/C12H10ClF3N4OS2/c1-5(22-11-20-19-10(17)23-11)9(21)18-8-4-6(12(14,15)16)2-3-7(8)13/h2-5H,1H3,(H2,17,19)(H,18,21)/t5-/m1/s1. The highest BCUT2D eigenvalue weighted by Gasteiger charge is 2.31. The number of halogens is 4. The van der Waals surface area contributed by atoms with Crippen LogP contribution in [0.1, 0.15) is 12.5 Å². The van der Waals surface area contributed by atoms with Gasteiger partial charge in [-0.05, 0) is 25.1 Å². The Morgan fingerprint density at radius 2 is 2.13 bits per heavy atom. The van der Waals surface area contributed by atoms with E-state index in [0.29, 0.717) is 4.34 Å². The lowest BCUT2D eigenvalue weighted by molar-refractivity contribution is -0.137. The number of hydrogen-bond acceptors (Lipinski definition) is 6. The van der Waals surface area contributed by atoms with E-state index < -0.39 is 22.9 Å². The SMILES string of the molecule is C[C@@H](Sc1nnc(N)s1)C(=O)Nc1cc(C(F)(F)F)ccc1Cl. The number of nitrogens with zero attached hydrogens (tertiary/aromatic N) is 2. The number of nitrogens with two attached hydrogens (primary N) is 1. The van der Waals surface area contributed by atoms with Crippen LogP contribution in [0.2, 0.25) is 5.02 Å². The summed E-state index contributed by atoms with van der Waals surface area (Å²) in [7, 11) is 0. The van der Waals surface area contributed by atoms with E-state index in [1.807, 2.05) is 0 Å². The summed E-state index contributed by atoms with van der Waals surface area (Å²) >= 11 is 8.04. The van der Waals surface area contributed by atoms with Crippen molar-refractivity contribution in [2.45, 2.75) is 22.7 Å². The van der Waals surface area contributed by atoms with Crippen molar-refractivity contribution in [3.05, 3.63) is 28.8 Å². The molecule has 1 heterocycles. The Hall–Kier alpha value is -1.52. The number of rotatable bonds is 4. The van der Waals surface area contributed by atoms with Crippen LogP contribution in [0.3, 0.4) is 0 Å². The highest BCUT2D eigenvalue weighted by Crippen LogP contribution is 2.34. The number of hydrogen-bond donors (Lipinski definition) is 2. The molecule has 1 atom stereocenters. The van der Waals surface area contributed by atoms with E-state index in [-0.39, 0.29) is 15.8 Å². The molecular weight excluding hydrogens is 373 g/mol. The van der Waals surface area contributed by atoms with Gasteiger partial charge in [-0.3, -0.25) is 4.79 Å². The second-order valence-corrected chi connectivity index (χ2v) is 7.35. The molecule has 0 bridgehead atoms. The zero-order chi connectivity index (χ0) is 17.2. The van der Waals surface area contributed by atoms with Crippen LogP contribution in [-0.2, 0) is 11.0 Å². The molecule has 5 nitrogen and oxygen atoms in total. The maximum atomic E-state index is 12.7. The lowest BCUT2D eigenvalue weighted by Crippen LogP contribution is -2.22. The molecule has 0 spiro atoms. The van der Waals surface area contributed by atoms with Gasteiger partial charge in [-0.1, -0.05) is 34.7 Å². The fraction of sp³-hybridized carbons (Fsp3) is 0.250. The summed E-state index contributed by atoms with van der Waals surface area (Å²) in [4.78, 5) is 12.1. The normalized spacial score (nSPS) is 12.9. The first-order chi connectivity index (χ1) is 10.7. The zero-order valence-corrected chi connectivity index (χ0v) is 13.9. The molecule has 1 amide bonds. The van der Waals surface area contributed by atoms with E-state index in [1.165, 1.54) is 0 Å². The van der Waals surface area contributed by atoms with Crippen LogP contribution < -0.4 is 11.1 Å². The van der Waals surface area contributed by atoms with Crippen LogP contribution in [0, 0.1) is 0 Å². The van der Waals surface area contributed by atoms with Crippen molar-refractivity contribution < 1.29 is 18.0 Å². The molecule has 2 aromatic rings. The Morgan fingerprint density at radius 3 is 2.70 bits per heavy atom. The smallest absolute Gasteiger partial charge is 0.374 e. The van der Waals surface area contributed by atoms with Crippen molar-refractivity contribution in [3.63, 3.8) is 0 Å². The van der Waals surface area contributed by atoms with Gasteiger partial charge in [0.1, 0.15) is 0 Å². The third-order valence-corrected chi connectivity index (χ3v) is 4.89. The van der Waals surface area contributed by atoms with Gasteiger partial charge in [-0.2, -0.15) is 13.2 Å². The molecule has 0 aliphatic carbocycles. The summed E-state index contributed by atoms with van der Waals surface area (Å²) in [5.41, 5.74) is 4.44. The molecule has 2 rings (SSSR count). The maximum Gasteiger partial charge on any atom is 0.416 e. The molecule has 0 aliphatic heterocycles. The summed E-state index contributed by atoms with van der Waals surface area (Å²) in [6.07, 6.45) is -4.52. The molecule has 0 saturated heterocycles. The van der Waals surface area contributed by atoms with Gasteiger partial charge < -0.3 is 11.1 Å². The van der Waals surface area contributed by atoms with Gasteiger partial charge in [0.05, 0.1) is 21.5 Å². The van der Waals surface area contributed by atoms with Crippen LogP contribution in [0.15, 0.2) is 22.5 Å². The van der Waals surface area contributed by atoms with E-state index in [9.17, 15) is 18.0 Å². The number of thioether (sulfide) groups is 1. The predicted molar refractivity (Wildman–Crippen MR) is 84.7 cm³/mol. The molecule has 0 fully saturated rings. The molecule has 3 N–H and O–H groups in total. The number of aromatic nitrogens is 2. The van der Waals surface area contributed by atoms with Crippen LogP contribution in [0.25, 0.3) is 0 Å². The minimum atomic E-state index is -4.52. The summed E-state index contributed by atoms with van der Waals surface area (Å²) in [5, 5.41) is 9.42. The van der Waals surface area contributed by atoms with Crippen molar-refractivity contribution in [2.24, 2.45) is 0 Å². The average Bonchev–Trinajstić information content (AvgIpc) is 2.85. The summed E-state index contributed by atoms with van der Waals surface area (Å²) in [5.74, 6) is -0.509. The first kappa shape index (κ1) is 17.8. The predicted octanol–water partition coefficient (Wildman–Crippen LogP) is 3.91. The molecule has 0 unspecified atom stereocenters. The highest BCUT2D eigenvalue weighted by atomic mass is 35.5. The Labute approximate surface area is 142 Å². The first-order valence-corrected chi connectivity index (χ1v) is 8.17. The highest BCUT2D eigenvalue weighted by molar-refractivity contribution is 8.02. The lowest BCUT2D eigenvalue weighted by atomic mass is 10.2. The van der Waals surface area contributed by atoms with Crippen LogP contribution >= 0.6 is 34.7 Å². The van der Waals surface area contributed by atoms with Gasteiger partial charge in [0.25, 0.3) is 0 Å². The fourth-order valence-corrected chi connectivity index (χ4v) is 3.45. The third-order valence-electron chi connectivity index (χ3n) is 2.62. The van der Waals surface area contributed by atoms with Crippen molar-refractivity contribution in [3.8, 4) is 0 Å². The van der Waals surface area contributed by atoms with E-state index in [1.54, 1.807) is 6.92 Å². The maximum absolute atomic E-state index is 12.7. The van der Waals surface area contributed by atoms with Gasteiger partial charge in [-0.25, -0.2) is 0 Å². The number of benzene rings is 1. The molecule has 1 aromatic carbocycles. The summed E-state index contributed by atoms with van der Waals surface area (Å²) in [6.45, 7) is 1.58. The largest absolute Gasteiger partial charge is 0.416 e. The Balaban J connectivity index is 2.10. The summed E-state index contributed by atoms with van der Waals surface area (Å²) in [6, 6.07) is 2.73. The van der Waals surface area contributed by atoms with Crippen molar-refractivity contribution in [1.29, 1.82) is 0 Å². The van der Waals surface area contributed by atoms with Crippen molar-refractivity contribution in [2.75, 3.05) is 11.1 Å². The zero-order valence-electron chi connectivity index (χ0n) is 11.5. The van der Waals surface area contributed by atoms with Gasteiger partial charge in [0, 0.05) is 0 Å². The van der Waals surface area contributed by atoms with Gasteiger partial charge >= 0.3 is 6.18 Å². The second kappa shape index (κ2) is 6.93. The van der Waals surface area contributed by atoms with E-state index in [2.05, 4.69) is 15.5 Å². The average molecular weight is 383 g/mol. The molecule has 124 valence electrons. The number of nitrogen functional groups attached to an aromatic ring is 1. The lowest BCUT2D eigenvalue weighted by Gasteiger charge is -2.14. The van der Waals surface area contributed by atoms with Crippen LogP contribution in [0.5, 0.6) is 0 Å². The molecule has 11 heteroatoms. The molecule has 0 aliphatic rings. The van der Waals surface area contributed by atoms with Crippen molar-refractivity contribution >= 4 is 51.4 Å². The Kier molecular flexibility index (Phi) is 5.37. The Bertz CT molecular complexity index is 723. The number of carbonyl (C=O) groups excluding carboxylic acids is 1. The molecule has 0 radical (unpaired) electrons. The van der Waals surface area contributed by atoms with Crippen LogP contribution in [0.4, 0.5) is 24.0 Å². The second-order valence-electron chi connectivity index (χ2n) is 4.35. The number of carbonyl (C=O) groups is 1. The van der Waals surface area contributed by atoms with Crippen molar-refractivity contribution in [1.82, 2.24) is 10.2 Å². The number of anilines is 2. The molecule has 23 heavy (non-hydrogen) atoms. The fourth-order valence-electron chi connectivity index (χ4n) is 1.50. The Morgan fingerprint density at radius 1 is 1.43 bits per heavy atom. The molecule has 1 aromatic heterocycles. The topological polar surface area (TPSA) is 80.9 Å². The van der Waals surface area contributed by atoms with E-state index >= 15 is 0 Å². The first-order valence-electron chi connectivity index (χ1n) is 6.10. The van der Waals surface area contributed by atoms with E-state index in [0.717, 1.165) is 41.3 Å². The molecular formula is C12H10ClF3N4OS2. The number of nitrogens with one attached hydrogen (secondary N) is 1. The quantitative estimate of drug-likeness (QED) is 0.783. The minimum absolute atomic E-state index is 0.0173.